The van der Waals surface area contributed by atoms with Crippen LogP contribution < -0.4 is 10.6 Å². The van der Waals surface area contributed by atoms with Crippen LogP contribution in [0.5, 0.6) is 0 Å². The molecule has 3 N–H and O–H groups in total. The number of piperidine rings is 1. The number of nitrogens with two attached hydrogens (primary N) is 1. The van der Waals surface area contributed by atoms with Gasteiger partial charge in [0.15, 0.2) is 0 Å². The number of H-pyrrole nitrogens is 1. The number of nitrogens with zero attached hydrogens (tertiary/aromatic N) is 2. The van der Waals surface area contributed by atoms with Gasteiger partial charge < -0.3 is 10.6 Å². The van der Waals surface area contributed by atoms with Crippen LogP contribution >= 0.6 is 0 Å². The number of anilines is 1. The fraction of sp³-hybridized carbons (Fsp3) is 0.769. The molecule has 0 spiro atoms. The number of nitrogens with one attached hydrogen (secondary N) is 1. The van der Waals surface area contributed by atoms with E-state index in [0.29, 0.717) is 6.04 Å². The Morgan fingerprint density at radius 3 is 2.65 bits per heavy atom. The largest absolute Gasteiger partial charge is 0.369 e. The molecule has 0 atom stereocenters. The lowest BCUT2D eigenvalue weighted by molar-refractivity contribution is 0.405. The second kappa shape index (κ2) is 4.69. The van der Waals surface area contributed by atoms with Crippen LogP contribution in [0, 0.1) is 5.41 Å². The summed E-state index contributed by atoms with van der Waals surface area (Å²) in [5, 5.41) is 7.35. The van der Waals surface area contributed by atoms with Crippen molar-refractivity contribution in [2.45, 2.75) is 46.1 Å². The Bertz CT molecular complexity index is 356. The van der Waals surface area contributed by atoms with Crippen LogP contribution in [0.4, 0.5) is 5.69 Å². The van der Waals surface area contributed by atoms with Crippen molar-refractivity contribution in [2.75, 3.05) is 18.0 Å². The van der Waals surface area contributed by atoms with Crippen molar-refractivity contribution in [3.8, 4) is 0 Å². The molecule has 0 radical (unpaired) electrons. The highest BCUT2D eigenvalue weighted by Crippen LogP contribution is 2.28. The van der Waals surface area contributed by atoms with Gasteiger partial charge in [0.1, 0.15) is 0 Å². The third-order valence-corrected chi connectivity index (χ3v) is 3.28. The molecule has 0 bridgehead atoms. The summed E-state index contributed by atoms with van der Waals surface area (Å²) >= 11 is 0. The monoisotopic (exact) mass is 236 g/mol. The lowest BCUT2D eigenvalue weighted by Gasteiger charge is -2.32. The zero-order chi connectivity index (χ0) is 12.5. The van der Waals surface area contributed by atoms with Gasteiger partial charge in [0.05, 0.1) is 17.6 Å². The van der Waals surface area contributed by atoms with Crippen LogP contribution in [0.25, 0.3) is 0 Å². The van der Waals surface area contributed by atoms with Gasteiger partial charge >= 0.3 is 0 Å². The minimum atomic E-state index is 0.285. The lowest BCUT2D eigenvalue weighted by atomic mass is 9.90. The number of hydrogen-bond donors (Lipinski definition) is 2. The maximum absolute atomic E-state index is 5.94. The van der Waals surface area contributed by atoms with Crippen molar-refractivity contribution in [1.82, 2.24) is 10.2 Å². The first kappa shape index (κ1) is 12.4. The van der Waals surface area contributed by atoms with Crippen molar-refractivity contribution >= 4 is 5.69 Å². The van der Waals surface area contributed by atoms with Crippen LogP contribution in [0.3, 0.4) is 0 Å². The van der Waals surface area contributed by atoms with Crippen molar-refractivity contribution in [3.05, 3.63) is 11.9 Å². The molecule has 4 nitrogen and oxygen atoms in total. The Morgan fingerprint density at radius 1 is 1.41 bits per heavy atom. The van der Waals surface area contributed by atoms with E-state index in [2.05, 4.69) is 35.9 Å². The molecule has 4 heteroatoms. The van der Waals surface area contributed by atoms with Gasteiger partial charge in [-0.1, -0.05) is 20.8 Å². The summed E-state index contributed by atoms with van der Waals surface area (Å²) < 4.78 is 0. The van der Waals surface area contributed by atoms with E-state index < -0.39 is 0 Å². The molecule has 1 saturated heterocycles. The zero-order valence-electron chi connectivity index (χ0n) is 11.2. The summed E-state index contributed by atoms with van der Waals surface area (Å²) in [6.07, 6.45) is 5.16. The van der Waals surface area contributed by atoms with E-state index in [1.165, 1.54) is 11.4 Å². The highest BCUT2D eigenvalue weighted by atomic mass is 15.2. The van der Waals surface area contributed by atoms with E-state index in [-0.39, 0.29) is 5.41 Å². The first-order valence-corrected chi connectivity index (χ1v) is 6.48. The Balaban J connectivity index is 2.08. The molecular formula is C13H24N4. The van der Waals surface area contributed by atoms with Crippen LogP contribution in [0.15, 0.2) is 6.20 Å². The van der Waals surface area contributed by atoms with Crippen molar-refractivity contribution in [2.24, 2.45) is 11.1 Å². The standard InChI is InChI=1S/C13H24N4/c1-13(2,3)8-11-12(9-15-16-11)17-6-4-10(14)5-7-17/h9-10H,4-8,14H2,1-3H3,(H,15,16). The van der Waals surface area contributed by atoms with Crippen LogP contribution in [-0.4, -0.2) is 29.3 Å². The molecule has 0 unspecified atom stereocenters. The molecular weight excluding hydrogens is 212 g/mol. The predicted octanol–water partition coefficient (Wildman–Crippen LogP) is 1.93. The van der Waals surface area contributed by atoms with Crippen molar-refractivity contribution in [1.29, 1.82) is 0 Å². The molecule has 1 aliphatic heterocycles. The van der Waals surface area contributed by atoms with E-state index >= 15 is 0 Å². The topological polar surface area (TPSA) is 57.9 Å². The maximum Gasteiger partial charge on any atom is 0.0782 e. The molecule has 1 aromatic heterocycles. The smallest absolute Gasteiger partial charge is 0.0782 e. The van der Waals surface area contributed by atoms with Gasteiger partial charge in [-0.2, -0.15) is 5.10 Å². The molecule has 1 aliphatic rings. The molecule has 96 valence electrons. The van der Waals surface area contributed by atoms with E-state index in [4.69, 9.17) is 5.73 Å². The lowest BCUT2D eigenvalue weighted by Crippen LogP contribution is -2.40. The first-order valence-electron chi connectivity index (χ1n) is 6.48. The molecule has 17 heavy (non-hydrogen) atoms. The molecule has 2 rings (SSSR count). The summed E-state index contributed by atoms with van der Waals surface area (Å²) in [6, 6.07) is 0.379. The Kier molecular flexibility index (Phi) is 3.43. The van der Waals surface area contributed by atoms with Crippen LogP contribution in [0.2, 0.25) is 0 Å². The fourth-order valence-electron chi connectivity index (χ4n) is 2.38. The predicted molar refractivity (Wildman–Crippen MR) is 71.2 cm³/mol. The molecule has 1 fully saturated rings. The number of rotatable bonds is 2. The molecule has 0 aromatic carbocycles. The minimum Gasteiger partial charge on any atom is -0.369 e. The van der Waals surface area contributed by atoms with E-state index in [9.17, 15) is 0 Å². The summed E-state index contributed by atoms with van der Waals surface area (Å²) in [7, 11) is 0. The molecule has 2 heterocycles. The third-order valence-electron chi connectivity index (χ3n) is 3.28. The normalized spacial score (nSPS) is 18.7. The minimum absolute atomic E-state index is 0.285. The second-order valence-corrected chi connectivity index (χ2v) is 6.30. The SMILES string of the molecule is CC(C)(C)Cc1[nH]ncc1N1CCC(N)CC1. The first-order chi connectivity index (χ1) is 7.96. The highest BCUT2D eigenvalue weighted by molar-refractivity contribution is 5.49. The fourth-order valence-corrected chi connectivity index (χ4v) is 2.38. The summed E-state index contributed by atoms with van der Waals surface area (Å²) in [5.41, 5.74) is 8.75. The second-order valence-electron chi connectivity index (χ2n) is 6.30. The number of aromatic nitrogens is 2. The number of hydrogen-bond acceptors (Lipinski definition) is 3. The average molecular weight is 236 g/mol. The van der Waals surface area contributed by atoms with Gasteiger partial charge in [0.25, 0.3) is 0 Å². The zero-order valence-corrected chi connectivity index (χ0v) is 11.2. The molecule has 0 aliphatic carbocycles. The molecule has 1 aromatic rings. The average Bonchev–Trinajstić information content (AvgIpc) is 2.64. The van der Waals surface area contributed by atoms with E-state index in [1.807, 2.05) is 6.20 Å². The van der Waals surface area contributed by atoms with E-state index in [0.717, 1.165) is 32.4 Å². The van der Waals surface area contributed by atoms with E-state index in [1.54, 1.807) is 0 Å². The van der Waals surface area contributed by atoms with Gasteiger partial charge in [-0.05, 0) is 24.7 Å². The van der Waals surface area contributed by atoms with Crippen LogP contribution in [-0.2, 0) is 6.42 Å². The quantitative estimate of drug-likeness (QED) is 0.825. The highest BCUT2D eigenvalue weighted by Gasteiger charge is 2.22. The van der Waals surface area contributed by atoms with Crippen molar-refractivity contribution < 1.29 is 0 Å². The Hall–Kier alpha value is -1.03. The van der Waals surface area contributed by atoms with Crippen molar-refractivity contribution in [3.63, 3.8) is 0 Å². The van der Waals surface area contributed by atoms with Crippen LogP contribution in [0.1, 0.15) is 39.3 Å². The van der Waals surface area contributed by atoms with Gasteiger partial charge in [0, 0.05) is 19.1 Å². The third kappa shape index (κ3) is 3.22. The summed E-state index contributed by atoms with van der Waals surface area (Å²) in [6.45, 7) is 8.87. The van der Waals surface area contributed by atoms with Gasteiger partial charge in [-0.15, -0.1) is 0 Å². The van der Waals surface area contributed by atoms with Gasteiger partial charge in [-0.3, -0.25) is 5.10 Å². The van der Waals surface area contributed by atoms with Gasteiger partial charge in [-0.25, -0.2) is 0 Å². The van der Waals surface area contributed by atoms with Gasteiger partial charge in [0.2, 0.25) is 0 Å². The molecule has 0 saturated carbocycles. The summed E-state index contributed by atoms with van der Waals surface area (Å²) in [4.78, 5) is 2.41. The Labute approximate surface area is 104 Å². The maximum atomic E-state index is 5.94. The molecule has 0 amide bonds. The Morgan fingerprint density at radius 2 is 2.06 bits per heavy atom. The summed E-state index contributed by atoms with van der Waals surface area (Å²) in [5.74, 6) is 0. The number of aromatic amines is 1.